The molecule has 0 unspecified atom stereocenters. The highest BCUT2D eigenvalue weighted by Gasteiger charge is 2.35. The lowest BCUT2D eigenvalue weighted by atomic mass is 10.2. The maximum atomic E-state index is 13.0. The molecule has 0 spiro atoms. The molecular weight excluding hydrogens is 534 g/mol. The Labute approximate surface area is 224 Å². The number of hydrogen-bond acceptors (Lipinski definition) is 9. The number of rotatable bonds is 10. The van der Waals surface area contributed by atoms with Crippen molar-refractivity contribution in [1.82, 2.24) is 28.8 Å². The second-order valence-electron chi connectivity index (χ2n) is 8.44. The molecular formula is C24H26ClN7O5S. The van der Waals surface area contributed by atoms with E-state index in [1.54, 1.807) is 41.0 Å². The van der Waals surface area contributed by atoms with E-state index in [1.807, 2.05) is 6.92 Å². The van der Waals surface area contributed by atoms with Gasteiger partial charge in [-0.1, -0.05) is 23.7 Å². The zero-order valence-corrected chi connectivity index (χ0v) is 22.7. The van der Waals surface area contributed by atoms with Gasteiger partial charge in [-0.15, -0.1) is 0 Å². The maximum absolute atomic E-state index is 13.0. The summed E-state index contributed by atoms with van der Waals surface area (Å²) >= 11 is 6.39. The van der Waals surface area contributed by atoms with Crippen LogP contribution < -0.4 is 18.9 Å². The van der Waals surface area contributed by atoms with Crippen LogP contribution in [0.5, 0.6) is 17.4 Å². The monoisotopic (exact) mass is 559 g/mol. The van der Waals surface area contributed by atoms with Crippen LogP contribution in [0.4, 0.5) is 5.82 Å². The lowest BCUT2D eigenvalue weighted by Gasteiger charge is -2.18. The topological polar surface area (TPSA) is 134 Å². The normalized spacial score (nSPS) is 13.6. The molecule has 0 atom stereocenters. The van der Waals surface area contributed by atoms with Gasteiger partial charge in [0.15, 0.2) is 28.1 Å². The first-order chi connectivity index (χ1) is 18.3. The van der Waals surface area contributed by atoms with Gasteiger partial charge in [-0.3, -0.25) is 9.29 Å². The minimum Gasteiger partial charge on any atom is -0.494 e. The quantitative estimate of drug-likeness (QED) is 0.308. The first-order valence-electron chi connectivity index (χ1n) is 11.8. The summed E-state index contributed by atoms with van der Waals surface area (Å²) in [6, 6.07) is 10.5. The Kier molecular flexibility index (Phi) is 6.99. The summed E-state index contributed by atoms with van der Waals surface area (Å²) in [4.78, 5) is 18.2. The fourth-order valence-electron chi connectivity index (χ4n) is 3.97. The molecule has 0 saturated heterocycles. The fourth-order valence-corrected chi connectivity index (χ4v) is 5.33. The molecule has 0 aliphatic heterocycles. The number of nitrogens with zero attached hydrogens (tertiary/aromatic N) is 6. The van der Waals surface area contributed by atoms with E-state index >= 15 is 0 Å². The number of nitrogens with one attached hydrogen (secondary N) is 1. The van der Waals surface area contributed by atoms with E-state index in [4.69, 9.17) is 25.8 Å². The Bertz CT molecular complexity index is 1590. The van der Waals surface area contributed by atoms with Crippen molar-refractivity contribution in [2.24, 2.45) is 0 Å². The number of benzene rings is 1. The molecule has 5 rings (SSSR count). The number of hydrogen-bond donors (Lipinski definition) is 1. The molecule has 1 fully saturated rings. The molecule has 0 amide bonds. The van der Waals surface area contributed by atoms with Crippen molar-refractivity contribution in [3.8, 4) is 34.6 Å². The van der Waals surface area contributed by atoms with Crippen LogP contribution in [0.1, 0.15) is 19.8 Å². The minimum absolute atomic E-state index is 0.0540. The van der Waals surface area contributed by atoms with E-state index in [0.29, 0.717) is 41.2 Å². The molecule has 14 heteroatoms. The summed E-state index contributed by atoms with van der Waals surface area (Å²) in [5.74, 6) is 1.53. The van der Waals surface area contributed by atoms with E-state index < -0.39 is 10.2 Å². The Balaban J connectivity index is 1.76. The summed E-state index contributed by atoms with van der Waals surface area (Å²) in [5, 5.41) is -0.149. The number of methoxy groups -OCH3 is 2. The van der Waals surface area contributed by atoms with Crippen LogP contribution in [-0.4, -0.2) is 71.1 Å². The van der Waals surface area contributed by atoms with Gasteiger partial charge in [-0.2, -0.15) is 12.7 Å². The summed E-state index contributed by atoms with van der Waals surface area (Å²) in [6.45, 7) is 2.30. The Morgan fingerprint density at radius 2 is 1.74 bits per heavy atom. The van der Waals surface area contributed by atoms with Crippen LogP contribution in [-0.2, 0) is 10.2 Å². The van der Waals surface area contributed by atoms with Gasteiger partial charge in [-0.05, 0) is 38.0 Å². The van der Waals surface area contributed by atoms with Gasteiger partial charge < -0.3 is 14.2 Å². The van der Waals surface area contributed by atoms with Gasteiger partial charge >= 0.3 is 10.2 Å². The summed E-state index contributed by atoms with van der Waals surface area (Å²) < 4.78 is 48.2. The number of aromatic nitrogens is 5. The Morgan fingerprint density at radius 1 is 1.05 bits per heavy atom. The second kappa shape index (κ2) is 10.2. The first kappa shape index (κ1) is 25.9. The molecule has 0 radical (unpaired) electrons. The van der Waals surface area contributed by atoms with Gasteiger partial charge in [0, 0.05) is 19.2 Å². The van der Waals surface area contributed by atoms with E-state index in [-0.39, 0.29) is 28.3 Å². The number of ether oxygens (including phenoxy) is 3. The van der Waals surface area contributed by atoms with Crippen molar-refractivity contribution in [3.63, 3.8) is 0 Å². The number of para-hydroxylation sites is 1. The van der Waals surface area contributed by atoms with Crippen LogP contribution in [0.2, 0.25) is 5.15 Å². The van der Waals surface area contributed by atoms with Crippen molar-refractivity contribution < 1.29 is 22.6 Å². The Hall–Kier alpha value is -3.68. The smallest absolute Gasteiger partial charge is 0.302 e. The van der Waals surface area contributed by atoms with Crippen LogP contribution in [0.3, 0.4) is 0 Å². The lowest BCUT2D eigenvalue weighted by molar-refractivity contribution is 0.327. The van der Waals surface area contributed by atoms with Gasteiger partial charge in [0.25, 0.3) is 0 Å². The average molecular weight is 560 g/mol. The van der Waals surface area contributed by atoms with Crippen LogP contribution >= 0.6 is 11.6 Å². The van der Waals surface area contributed by atoms with E-state index in [1.165, 1.54) is 25.6 Å². The lowest BCUT2D eigenvalue weighted by Crippen LogP contribution is -2.34. The first-order valence-corrected chi connectivity index (χ1v) is 13.6. The van der Waals surface area contributed by atoms with Crippen LogP contribution in [0, 0.1) is 0 Å². The third kappa shape index (κ3) is 4.79. The standard InChI is InChI=1S/C24H26ClN7O5S/c1-5-37-18-11-6-8-15(26-18)23-29-22-24(32(23)19-16(35-3)9-7-10-17(19)36-4)28-21(20(25)27-22)30-38(33,34)31(2)14-12-13-14/h6-11,14H,5,12-13H2,1-4H3,(H,28,30). The highest BCUT2D eigenvalue weighted by molar-refractivity contribution is 7.90. The van der Waals surface area contributed by atoms with Crippen molar-refractivity contribution in [2.45, 2.75) is 25.8 Å². The number of fused-ring (bicyclic) bond motifs is 1. The molecule has 1 aliphatic rings. The average Bonchev–Trinajstić information content (AvgIpc) is 3.69. The highest BCUT2D eigenvalue weighted by Crippen LogP contribution is 2.39. The molecule has 3 heterocycles. The van der Waals surface area contributed by atoms with Crippen molar-refractivity contribution in [1.29, 1.82) is 0 Å². The molecule has 3 aromatic heterocycles. The van der Waals surface area contributed by atoms with Gasteiger partial charge in [0.2, 0.25) is 5.88 Å². The van der Waals surface area contributed by atoms with Crippen LogP contribution in [0.25, 0.3) is 28.5 Å². The van der Waals surface area contributed by atoms with E-state index in [0.717, 1.165) is 12.8 Å². The summed E-state index contributed by atoms with van der Waals surface area (Å²) in [5.41, 5.74) is 1.30. The number of pyridine rings is 1. The van der Waals surface area contributed by atoms with E-state index in [2.05, 4.69) is 24.7 Å². The largest absolute Gasteiger partial charge is 0.494 e. The summed E-state index contributed by atoms with van der Waals surface area (Å²) in [6.07, 6.45) is 1.60. The minimum atomic E-state index is -3.91. The predicted molar refractivity (Wildman–Crippen MR) is 143 cm³/mol. The Morgan fingerprint density at radius 3 is 2.37 bits per heavy atom. The zero-order valence-electron chi connectivity index (χ0n) is 21.2. The summed E-state index contributed by atoms with van der Waals surface area (Å²) in [7, 11) is 0.657. The molecule has 1 aliphatic carbocycles. The second-order valence-corrected chi connectivity index (χ2v) is 10.5. The molecule has 0 bridgehead atoms. The highest BCUT2D eigenvalue weighted by atomic mass is 35.5. The SMILES string of the molecule is CCOc1cccc(-c2nc3nc(Cl)c(NS(=O)(=O)N(C)C4CC4)nc3n2-c2c(OC)cccc2OC)n1. The van der Waals surface area contributed by atoms with Gasteiger partial charge in [0.05, 0.1) is 20.8 Å². The molecule has 4 aromatic rings. The zero-order chi connectivity index (χ0) is 27.0. The third-order valence-electron chi connectivity index (χ3n) is 5.99. The molecule has 38 heavy (non-hydrogen) atoms. The van der Waals surface area contributed by atoms with Gasteiger partial charge in [0.1, 0.15) is 22.9 Å². The predicted octanol–water partition coefficient (Wildman–Crippen LogP) is 3.70. The molecule has 1 aromatic carbocycles. The molecule has 12 nitrogen and oxygen atoms in total. The maximum Gasteiger partial charge on any atom is 0.302 e. The third-order valence-corrected chi connectivity index (χ3v) is 7.76. The number of halogens is 1. The molecule has 1 saturated carbocycles. The molecule has 200 valence electrons. The van der Waals surface area contributed by atoms with E-state index in [9.17, 15) is 8.42 Å². The number of imidazole rings is 1. The van der Waals surface area contributed by atoms with Gasteiger partial charge in [-0.25, -0.2) is 19.9 Å². The van der Waals surface area contributed by atoms with Crippen molar-refractivity contribution in [2.75, 3.05) is 32.6 Å². The number of anilines is 1. The molecule has 1 N–H and O–H groups in total. The van der Waals surface area contributed by atoms with Crippen molar-refractivity contribution >= 4 is 38.9 Å². The van der Waals surface area contributed by atoms with Crippen LogP contribution in [0.15, 0.2) is 36.4 Å². The fraction of sp³-hybridized carbons (Fsp3) is 0.333. The van der Waals surface area contributed by atoms with Crippen molar-refractivity contribution in [3.05, 3.63) is 41.6 Å².